The lowest BCUT2D eigenvalue weighted by Crippen LogP contribution is -2.41. The molecule has 2 nitrogen and oxygen atoms in total. The van der Waals surface area contributed by atoms with E-state index in [0.717, 1.165) is 0 Å². The second-order valence-corrected chi connectivity index (χ2v) is 4.03. The zero-order valence-corrected chi connectivity index (χ0v) is 7.90. The monoisotopic (exact) mass is 197 g/mol. The summed E-state index contributed by atoms with van der Waals surface area (Å²) in [6, 6.07) is -2.04. The Hall–Kier alpha value is -0.580. The molecule has 0 aliphatic rings. The molecule has 2 N–H and O–H groups in total. The Morgan fingerprint density at radius 2 is 1.69 bits per heavy atom. The number of hydrogen-bond donors (Lipinski definition) is 1. The third-order valence-corrected chi connectivity index (χ3v) is 1.66. The van der Waals surface area contributed by atoms with Crippen LogP contribution in [0.4, 0.5) is 13.2 Å². The van der Waals surface area contributed by atoms with Gasteiger partial charge in [0.25, 0.3) is 0 Å². The maximum atomic E-state index is 11.9. The Balaban J connectivity index is 4.24. The van der Waals surface area contributed by atoms with Crippen LogP contribution in [0.1, 0.15) is 27.2 Å². The first kappa shape index (κ1) is 12.4. The normalized spacial score (nSPS) is 15.6. The molecule has 1 atom stereocenters. The van der Waals surface area contributed by atoms with Crippen molar-refractivity contribution in [3.8, 4) is 0 Å². The molecule has 5 heteroatoms. The summed E-state index contributed by atoms with van der Waals surface area (Å²) >= 11 is 0. The van der Waals surface area contributed by atoms with Gasteiger partial charge in [0.2, 0.25) is 0 Å². The summed E-state index contributed by atoms with van der Waals surface area (Å²) in [5, 5.41) is 0. The zero-order valence-electron chi connectivity index (χ0n) is 7.90. The van der Waals surface area contributed by atoms with E-state index in [1.165, 1.54) is 0 Å². The Morgan fingerprint density at radius 3 is 1.92 bits per heavy atom. The number of carbonyl (C=O) groups is 1. The highest BCUT2D eigenvalue weighted by Crippen LogP contribution is 2.24. The van der Waals surface area contributed by atoms with Gasteiger partial charge in [-0.3, -0.25) is 4.79 Å². The fraction of sp³-hybridized carbons (Fsp3) is 0.875. The summed E-state index contributed by atoms with van der Waals surface area (Å²) in [6.07, 6.45) is -5.13. The van der Waals surface area contributed by atoms with Gasteiger partial charge in [-0.05, 0) is 0 Å². The summed E-state index contributed by atoms with van der Waals surface area (Å²) in [5.74, 6) is -0.475. The number of hydrogen-bond acceptors (Lipinski definition) is 2. The van der Waals surface area contributed by atoms with E-state index in [1.54, 1.807) is 20.8 Å². The number of carbonyl (C=O) groups excluding carboxylic acids is 1. The fourth-order valence-electron chi connectivity index (χ4n) is 0.622. The third kappa shape index (κ3) is 4.26. The standard InChI is InChI=1S/C8H14F3NO/c1-7(2,3)6(13)4-5(12)8(9,10)11/h5H,4,12H2,1-3H3/t5-/m1/s1. The molecule has 0 bridgehead atoms. The molecule has 0 saturated carbocycles. The van der Waals surface area contributed by atoms with Gasteiger partial charge in [-0.2, -0.15) is 13.2 Å². The molecule has 0 saturated heterocycles. The van der Waals surface area contributed by atoms with E-state index in [-0.39, 0.29) is 0 Å². The number of rotatable bonds is 2. The van der Waals surface area contributed by atoms with Crippen molar-refractivity contribution >= 4 is 5.78 Å². The highest BCUT2D eigenvalue weighted by atomic mass is 19.4. The number of Topliss-reactive ketones (excluding diaryl/α,β-unsaturated/α-hetero) is 1. The summed E-state index contributed by atoms with van der Waals surface area (Å²) < 4.78 is 35.8. The van der Waals surface area contributed by atoms with Crippen molar-refractivity contribution in [2.45, 2.75) is 39.4 Å². The second-order valence-electron chi connectivity index (χ2n) is 4.03. The third-order valence-electron chi connectivity index (χ3n) is 1.66. The largest absolute Gasteiger partial charge is 0.404 e. The number of alkyl halides is 3. The van der Waals surface area contributed by atoms with Crippen LogP contribution < -0.4 is 5.73 Å². The van der Waals surface area contributed by atoms with E-state index >= 15 is 0 Å². The lowest BCUT2D eigenvalue weighted by atomic mass is 9.87. The predicted octanol–water partition coefficient (Wildman–Crippen LogP) is 1.88. The Morgan fingerprint density at radius 1 is 1.31 bits per heavy atom. The molecule has 0 aliphatic carbocycles. The van der Waals surface area contributed by atoms with Gasteiger partial charge in [0.15, 0.2) is 0 Å². The van der Waals surface area contributed by atoms with Crippen LogP contribution in [-0.4, -0.2) is 18.0 Å². The molecule has 13 heavy (non-hydrogen) atoms. The minimum absolute atomic E-state index is 0.475. The molecule has 78 valence electrons. The molecule has 0 aromatic carbocycles. The molecule has 0 amide bonds. The SMILES string of the molecule is CC(C)(C)C(=O)C[C@@H](N)C(F)(F)F. The van der Waals surface area contributed by atoms with Crippen molar-refractivity contribution in [3.63, 3.8) is 0 Å². The minimum atomic E-state index is -4.49. The van der Waals surface area contributed by atoms with E-state index in [0.29, 0.717) is 0 Å². The van der Waals surface area contributed by atoms with Gasteiger partial charge in [0, 0.05) is 11.8 Å². The second kappa shape index (κ2) is 3.65. The van der Waals surface area contributed by atoms with Crippen molar-refractivity contribution in [1.82, 2.24) is 0 Å². The van der Waals surface area contributed by atoms with Crippen LogP contribution in [0.25, 0.3) is 0 Å². The summed E-state index contributed by atoms with van der Waals surface area (Å²) in [5.41, 5.74) is 4.04. The minimum Gasteiger partial charge on any atom is -0.320 e. The molecule has 0 heterocycles. The predicted molar refractivity (Wildman–Crippen MR) is 43.1 cm³/mol. The van der Waals surface area contributed by atoms with Crippen molar-refractivity contribution in [3.05, 3.63) is 0 Å². The van der Waals surface area contributed by atoms with Crippen LogP contribution in [0.2, 0.25) is 0 Å². The van der Waals surface area contributed by atoms with E-state index in [2.05, 4.69) is 0 Å². The maximum Gasteiger partial charge on any atom is 0.404 e. The molecular formula is C8H14F3NO. The number of halogens is 3. The molecule has 0 fully saturated rings. The van der Waals surface area contributed by atoms with E-state index in [4.69, 9.17) is 5.73 Å². The highest BCUT2D eigenvalue weighted by molar-refractivity contribution is 5.84. The molecule has 0 aromatic rings. The summed E-state index contributed by atoms with van der Waals surface area (Å²) in [4.78, 5) is 11.1. The van der Waals surface area contributed by atoms with Gasteiger partial charge in [-0.15, -0.1) is 0 Å². The maximum absolute atomic E-state index is 11.9. The Labute approximate surface area is 75.3 Å². The van der Waals surface area contributed by atoms with Gasteiger partial charge >= 0.3 is 6.18 Å². The van der Waals surface area contributed by atoms with Crippen LogP contribution >= 0.6 is 0 Å². The van der Waals surface area contributed by atoms with Crippen LogP contribution in [0, 0.1) is 5.41 Å². The van der Waals surface area contributed by atoms with E-state index in [9.17, 15) is 18.0 Å². The quantitative estimate of drug-likeness (QED) is 0.734. The number of nitrogens with two attached hydrogens (primary N) is 1. The van der Waals surface area contributed by atoms with Gasteiger partial charge < -0.3 is 5.73 Å². The van der Waals surface area contributed by atoms with Crippen molar-refractivity contribution in [2.24, 2.45) is 11.1 Å². The lowest BCUT2D eigenvalue weighted by Gasteiger charge is -2.20. The summed E-state index contributed by atoms with van der Waals surface area (Å²) in [6.45, 7) is 4.70. The van der Waals surface area contributed by atoms with Crippen molar-refractivity contribution in [2.75, 3.05) is 0 Å². The van der Waals surface area contributed by atoms with Gasteiger partial charge in [-0.1, -0.05) is 20.8 Å². The number of ketones is 1. The van der Waals surface area contributed by atoms with Crippen LogP contribution in [0.3, 0.4) is 0 Å². The molecule has 0 aliphatic heterocycles. The first-order chi connectivity index (χ1) is 5.55. The van der Waals surface area contributed by atoms with Crippen molar-refractivity contribution in [1.29, 1.82) is 0 Å². The van der Waals surface area contributed by atoms with Crippen LogP contribution in [0.5, 0.6) is 0 Å². The topological polar surface area (TPSA) is 43.1 Å². The summed E-state index contributed by atoms with van der Waals surface area (Å²) in [7, 11) is 0. The first-order valence-corrected chi connectivity index (χ1v) is 3.90. The smallest absolute Gasteiger partial charge is 0.320 e. The average Bonchev–Trinajstić information content (AvgIpc) is 1.82. The molecule has 0 rings (SSSR count). The van der Waals surface area contributed by atoms with Crippen molar-refractivity contribution < 1.29 is 18.0 Å². The van der Waals surface area contributed by atoms with Crippen LogP contribution in [-0.2, 0) is 4.79 Å². The van der Waals surface area contributed by atoms with E-state index in [1.807, 2.05) is 0 Å². The van der Waals surface area contributed by atoms with Gasteiger partial charge in [0.1, 0.15) is 11.8 Å². The molecule has 0 aromatic heterocycles. The Bertz CT molecular complexity index is 193. The molecule has 0 spiro atoms. The highest BCUT2D eigenvalue weighted by Gasteiger charge is 2.39. The van der Waals surface area contributed by atoms with Crippen LogP contribution in [0.15, 0.2) is 0 Å². The molecule has 0 radical (unpaired) electrons. The first-order valence-electron chi connectivity index (χ1n) is 3.90. The lowest BCUT2D eigenvalue weighted by molar-refractivity contribution is -0.156. The fourth-order valence-corrected chi connectivity index (χ4v) is 0.622. The van der Waals surface area contributed by atoms with Gasteiger partial charge in [0.05, 0.1) is 0 Å². The van der Waals surface area contributed by atoms with E-state index < -0.39 is 29.8 Å². The Kier molecular flexibility index (Phi) is 3.49. The molecule has 0 unspecified atom stereocenters. The van der Waals surface area contributed by atoms with Gasteiger partial charge in [-0.25, -0.2) is 0 Å². The average molecular weight is 197 g/mol. The zero-order chi connectivity index (χ0) is 10.9. The molecular weight excluding hydrogens is 183 g/mol.